The molecule has 0 aromatic heterocycles. The second-order valence-corrected chi connectivity index (χ2v) is 6.05. The maximum absolute atomic E-state index is 10.1. The fourth-order valence-electron chi connectivity index (χ4n) is 2.47. The molecule has 0 amide bonds. The Morgan fingerprint density at radius 3 is 2.17 bits per heavy atom. The van der Waals surface area contributed by atoms with E-state index >= 15 is 0 Å². The van der Waals surface area contributed by atoms with Gasteiger partial charge in [0.1, 0.15) is 24.2 Å². The molecule has 24 heavy (non-hydrogen) atoms. The van der Waals surface area contributed by atoms with Gasteiger partial charge in [-0.25, -0.2) is 0 Å². The maximum Gasteiger partial charge on any atom is 0.119 e. The molecule has 0 bridgehead atoms. The van der Waals surface area contributed by atoms with Gasteiger partial charge in [-0.15, -0.1) is 0 Å². The topological polar surface area (TPSA) is 41.9 Å². The van der Waals surface area contributed by atoms with Crippen LogP contribution >= 0.6 is 0 Å². The monoisotopic (exact) mass is 329 g/mol. The first-order valence-corrected chi connectivity index (χ1v) is 8.34. The van der Waals surface area contributed by atoms with E-state index in [0.29, 0.717) is 13.2 Å². The summed E-state index contributed by atoms with van der Waals surface area (Å²) in [5, 5.41) is 10.1. The lowest BCUT2D eigenvalue weighted by molar-refractivity contribution is 0.0744. The molecule has 1 atom stereocenters. The number of aryl methyl sites for hydroxylation is 1. The molecule has 0 aliphatic carbocycles. The average molecular weight is 329 g/mol. The van der Waals surface area contributed by atoms with Crippen LogP contribution in [0.3, 0.4) is 0 Å². The zero-order chi connectivity index (χ0) is 17.4. The van der Waals surface area contributed by atoms with Crippen LogP contribution in [0.1, 0.15) is 18.1 Å². The third-order valence-electron chi connectivity index (χ3n) is 3.67. The van der Waals surface area contributed by atoms with Crippen molar-refractivity contribution in [3.05, 3.63) is 59.7 Å². The lowest BCUT2D eigenvalue weighted by Gasteiger charge is -2.21. The second-order valence-electron chi connectivity index (χ2n) is 6.05. The Bertz CT molecular complexity index is 595. The first kappa shape index (κ1) is 18.3. The number of nitrogens with zero attached hydrogens (tertiary/aromatic N) is 1. The second kappa shape index (κ2) is 9.30. The Balaban J connectivity index is 1.74. The predicted molar refractivity (Wildman–Crippen MR) is 96.6 cm³/mol. The van der Waals surface area contributed by atoms with Gasteiger partial charge in [0.2, 0.25) is 0 Å². The van der Waals surface area contributed by atoms with Gasteiger partial charge >= 0.3 is 0 Å². The molecule has 0 saturated heterocycles. The highest BCUT2D eigenvalue weighted by atomic mass is 16.5. The highest BCUT2D eigenvalue weighted by Gasteiger charge is 2.10. The first-order chi connectivity index (χ1) is 11.6. The van der Waals surface area contributed by atoms with Crippen LogP contribution in [0.25, 0.3) is 0 Å². The standard InChI is InChI=1S/C20H27NO3/c1-4-23-19-11-7-17(8-12-19)13-21(3)14-18(22)15-24-20-9-5-16(2)6-10-20/h5-12,18,22H,4,13-15H2,1-3H3. The number of likely N-dealkylation sites (N-methyl/N-ethyl adjacent to an activating group) is 1. The van der Waals surface area contributed by atoms with E-state index in [-0.39, 0.29) is 6.61 Å². The highest BCUT2D eigenvalue weighted by molar-refractivity contribution is 5.27. The Labute approximate surface area is 144 Å². The van der Waals surface area contributed by atoms with Gasteiger partial charge in [0.15, 0.2) is 0 Å². The van der Waals surface area contributed by atoms with E-state index in [4.69, 9.17) is 9.47 Å². The van der Waals surface area contributed by atoms with Gasteiger partial charge < -0.3 is 14.6 Å². The van der Waals surface area contributed by atoms with Crippen molar-refractivity contribution in [1.82, 2.24) is 4.90 Å². The normalized spacial score (nSPS) is 12.2. The minimum Gasteiger partial charge on any atom is -0.494 e. The molecular weight excluding hydrogens is 302 g/mol. The summed E-state index contributed by atoms with van der Waals surface area (Å²) >= 11 is 0. The molecule has 130 valence electrons. The summed E-state index contributed by atoms with van der Waals surface area (Å²) in [7, 11) is 1.99. The summed E-state index contributed by atoms with van der Waals surface area (Å²) in [6.45, 7) is 6.30. The van der Waals surface area contributed by atoms with Gasteiger partial charge in [-0.1, -0.05) is 29.8 Å². The summed E-state index contributed by atoms with van der Waals surface area (Å²) in [5.74, 6) is 1.67. The molecule has 0 fully saturated rings. The molecule has 0 saturated carbocycles. The number of hydrogen-bond acceptors (Lipinski definition) is 4. The van der Waals surface area contributed by atoms with Crippen LogP contribution < -0.4 is 9.47 Å². The minimum absolute atomic E-state index is 0.288. The Hall–Kier alpha value is -2.04. The van der Waals surface area contributed by atoms with Crippen molar-refractivity contribution >= 4 is 0 Å². The fraction of sp³-hybridized carbons (Fsp3) is 0.400. The van der Waals surface area contributed by atoms with Crippen molar-refractivity contribution < 1.29 is 14.6 Å². The van der Waals surface area contributed by atoms with Crippen LogP contribution in [0.15, 0.2) is 48.5 Å². The zero-order valence-corrected chi connectivity index (χ0v) is 14.7. The summed E-state index contributed by atoms with van der Waals surface area (Å²) in [6, 6.07) is 15.9. The summed E-state index contributed by atoms with van der Waals surface area (Å²) in [4.78, 5) is 2.08. The summed E-state index contributed by atoms with van der Waals surface area (Å²) in [5.41, 5.74) is 2.38. The highest BCUT2D eigenvalue weighted by Crippen LogP contribution is 2.14. The number of ether oxygens (including phenoxy) is 2. The van der Waals surface area contributed by atoms with Gasteiger partial charge in [-0.2, -0.15) is 0 Å². The molecule has 0 aliphatic rings. The predicted octanol–water partition coefficient (Wildman–Crippen LogP) is 3.27. The van der Waals surface area contributed by atoms with Crippen molar-refractivity contribution in [2.24, 2.45) is 0 Å². The van der Waals surface area contributed by atoms with Crippen LogP contribution in [0.5, 0.6) is 11.5 Å². The maximum atomic E-state index is 10.1. The van der Waals surface area contributed by atoms with E-state index in [0.717, 1.165) is 18.0 Å². The Kier molecular flexibility index (Phi) is 7.09. The number of benzene rings is 2. The van der Waals surface area contributed by atoms with Crippen molar-refractivity contribution in [2.45, 2.75) is 26.5 Å². The third kappa shape index (κ3) is 6.22. The quantitative estimate of drug-likeness (QED) is 0.767. The number of aliphatic hydroxyl groups excluding tert-OH is 1. The lowest BCUT2D eigenvalue weighted by Crippen LogP contribution is -2.32. The van der Waals surface area contributed by atoms with E-state index < -0.39 is 6.10 Å². The molecule has 2 aromatic rings. The molecule has 0 spiro atoms. The van der Waals surface area contributed by atoms with Crippen molar-refractivity contribution in [3.63, 3.8) is 0 Å². The molecule has 2 aromatic carbocycles. The largest absolute Gasteiger partial charge is 0.494 e. The van der Waals surface area contributed by atoms with E-state index in [1.165, 1.54) is 11.1 Å². The fourth-order valence-corrected chi connectivity index (χ4v) is 2.47. The molecule has 4 heteroatoms. The van der Waals surface area contributed by atoms with E-state index in [2.05, 4.69) is 17.0 Å². The number of hydrogen-bond donors (Lipinski definition) is 1. The smallest absolute Gasteiger partial charge is 0.119 e. The van der Waals surface area contributed by atoms with Crippen LogP contribution in [0.2, 0.25) is 0 Å². The van der Waals surface area contributed by atoms with E-state index in [9.17, 15) is 5.11 Å². The zero-order valence-electron chi connectivity index (χ0n) is 14.7. The SMILES string of the molecule is CCOc1ccc(CN(C)CC(O)COc2ccc(C)cc2)cc1. The third-order valence-corrected chi connectivity index (χ3v) is 3.67. The molecule has 0 aliphatic heterocycles. The van der Waals surface area contributed by atoms with Crippen LogP contribution in [-0.2, 0) is 6.54 Å². The summed E-state index contributed by atoms with van der Waals surface area (Å²) < 4.78 is 11.1. The molecular formula is C20H27NO3. The van der Waals surface area contributed by atoms with Crippen molar-refractivity contribution in [1.29, 1.82) is 0 Å². The van der Waals surface area contributed by atoms with Crippen LogP contribution in [0.4, 0.5) is 0 Å². The molecule has 0 heterocycles. The van der Waals surface area contributed by atoms with Gasteiger partial charge in [0, 0.05) is 13.1 Å². The van der Waals surface area contributed by atoms with Crippen molar-refractivity contribution in [3.8, 4) is 11.5 Å². The molecule has 1 N–H and O–H groups in total. The summed E-state index contributed by atoms with van der Waals surface area (Å²) in [6.07, 6.45) is -0.529. The van der Waals surface area contributed by atoms with Crippen LogP contribution in [-0.4, -0.2) is 42.9 Å². The first-order valence-electron chi connectivity index (χ1n) is 8.34. The minimum atomic E-state index is -0.529. The molecule has 2 rings (SSSR count). The van der Waals surface area contributed by atoms with Gasteiger partial charge in [-0.3, -0.25) is 4.90 Å². The van der Waals surface area contributed by atoms with Gasteiger partial charge in [0.25, 0.3) is 0 Å². The van der Waals surface area contributed by atoms with E-state index in [1.54, 1.807) is 0 Å². The number of rotatable bonds is 9. The molecule has 1 unspecified atom stereocenters. The van der Waals surface area contributed by atoms with Gasteiger partial charge in [-0.05, 0) is 50.7 Å². The van der Waals surface area contributed by atoms with E-state index in [1.807, 2.05) is 57.3 Å². The van der Waals surface area contributed by atoms with Crippen LogP contribution in [0, 0.1) is 6.92 Å². The van der Waals surface area contributed by atoms with Gasteiger partial charge in [0.05, 0.1) is 6.61 Å². The molecule has 0 radical (unpaired) electrons. The Morgan fingerprint density at radius 1 is 0.958 bits per heavy atom. The van der Waals surface area contributed by atoms with Crippen molar-refractivity contribution in [2.75, 3.05) is 26.8 Å². The lowest BCUT2D eigenvalue weighted by atomic mass is 10.2. The average Bonchev–Trinajstić information content (AvgIpc) is 2.56. The number of aliphatic hydroxyl groups is 1. The Morgan fingerprint density at radius 2 is 1.54 bits per heavy atom. The molecule has 4 nitrogen and oxygen atoms in total.